The minimum atomic E-state index is 0.275. The van der Waals surface area contributed by atoms with Crippen molar-refractivity contribution >= 4 is 5.91 Å². The van der Waals surface area contributed by atoms with E-state index in [1.54, 1.807) is 0 Å². The number of amides is 1. The molecule has 3 heteroatoms. The highest BCUT2D eigenvalue weighted by atomic mass is 16.2. The molecule has 1 amide bonds. The summed E-state index contributed by atoms with van der Waals surface area (Å²) >= 11 is 0. The minimum absolute atomic E-state index is 0.275. The molecule has 1 aliphatic heterocycles. The quantitative estimate of drug-likeness (QED) is 0.730. The Bertz CT molecular complexity index is 208. The van der Waals surface area contributed by atoms with Crippen LogP contribution in [0.5, 0.6) is 0 Å². The fourth-order valence-corrected chi connectivity index (χ4v) is 2.36. The van der Waals surface area contributed by atoms with Crippen LogP contribution in [0.25, 0.3) is 0 Å². The van der Waals surface area contributed by atoms with Gasteiger partial charge in [-0.15, -0.1) is 0 Å². The van der Waals surface area contributed by atoms with Crippen molar-refractivity contribution in [3.8, 4) is 0 Å². The molecule has 1 unspecified atom stereocenters. The summed E-state index contributed by atoms with van der Waals surface area (Å²) in [5.74, 6) is 0.955. The van der Waals surface area contributed by atoms with E-state index in [1.807, 2.05) is 4.90 Å². The van der Waals surface area contributed by atoms with E-state index in [9.17, 15) is 4.79 Å². The first-order chi connectivity index (χ1) is 7.65. The lowest BCUT2D eigenvalue weighted by molar-refractivity contribution is -0.132. The molecule has 0 saturated carbocycles. The molecular formula is C13H26N2O. The first-order valence-corrected chi connectivity index (χ1v) is 6.68. The zero-order chi connectivity index (χ0) is 12.0. The number of nitrogens with zero attached hydrogens (tertiary/aromatic N) is 1. The molecule has 0 bridgehead atoms. The number of nitrogens with two attached hydrogens (primary N) is 1. The van der Waals surface area contributed by atoms with E-state index in [1.165, 1.54) is 12.8 Å². The van der Waals surface area contributed by atoms with Gasteiger partial charge in [-0.3, -0.25) is 4.79 Å². The van der Waals surface area contributed by atoms with Crippen LogP contribution >= 0.6 is 0 Å². The van der Waals surface area contributed by atoms with Crippen LogP contribution in [-0.2, 0) is 4.79 Å². The van der Waals surface area contributed by atoms with Crippen molar-refractivity contribution in [2.24, 2.45) is 11.7 Å². The molecule has 1 heterocycles. The summed E-state index contributed by atoms with van der Waals surface area (Å²) in [5, 5.41) is 0. The van der Waals surface area contributed by atoms with Gasteiger partial charge in [-0.25, -0.2) is 0 Å². The predicted molar refractivity (Wildman–Crippen MR) is 67.1 cm³/mol. The SMILES string of the molecule is CCCCCC(=O)N1CCC(C(C)N)CC1. The van der Waals surface area contributed by atoms with E-state index >= 15 is 0 Å². The van der Waals surface area contributed by atoms with Gasteiger partial charge in [0.05, 0.1) is 0 Å². The number of rotatable bonds is 5. The Balaban J connectivity index is 2.22. The lowest BCUT2D eigenvalue weighted by Crippen LogP contribution is -2.42. The molecular weight excluding hydrogens is 200 g/mol. The predicted octanol–water partition coefficient (Wildman–Crippen LogP) is 2.15. The van der Waals surface area contributed by atoms with Crippen molar-refractivity contribution in [2.75, 3.05) is 13.1 Å². The maximum Gasteiger partial charge on any atom is 0.222 e. The molecule has 1 rings (SSSR count). The smallest absolute Gasteiger partial charge is 0.222 e. The van der Waals surface area contributed by atoms with Crippen LogP contribution in [0.4, 0.5) is 0 Å². The standard InChI is InChI=1S/C13H26N2O/c1-3-4-5-6-13(16)15-9-7-12(8-10-15)11(2)14/h11-12H,3-10,14H2,1-2H3. The molecule has 3 nitrogen and oxygen atoms in total. The normalized spacial score (nSPS) is 19.8. The van der Waals surface area contributed by atoms with Gasteiger partial charge < -0.3 is 10.6 Å². The summed E-state index contributed by atoms with van der Waals surface area (Å²) < 4.78 is 0. The van der Waals surface area contributed by atoms with Gasteiger partial charge in [0.25, 0.3) is 0 Å². The Labute approximate surface area is 99.4 Å². The summed E-state index contributed by atoms with van der Waals surface area (Å²) in [6.45, 7) is 6.07. The van der Waals surface area contributed by atoms with E-state index < -0.39 is 0 Å². The largest absolute Gasteiger partial charge is 0.343 e. The van der Waals surface area contributed by atoms with Gasteiger partial charge in [0.2, 0.25) is 5.91 Å². The lowest BCUT2D eigenvalue weighted by Gasteiger charge is -2.33. The van der Waals surface area contributed by atoms with Crippen molar-refractivity contribution in [1.29, 1.82) is 0 Å². The van der Waals surface area contributed by atoms with Gasteiger partial charge >= 0.3 is 0 Å². The highest BCUT2D eigenvalue weighted by Gasteiger charge is 2.24. The van der Waals surface area contributed by atoms with E-state index in [0.29, 0.717) is 11.8 Å². The highest BCUT2D eigenvalue weighted by molar-refractivity contribution is 5.76. The Hall–Kier alpha value is -0.570. The van der Waals surface area contributed by atoms with Crippen molar-refractivity contribution in [1.82, 2.24) is 4.90 Å². The Morgan fingerprint density at radius 3 is 2.50 bits per heavy atom. The van der Waals surface area contributed by atoms with Crippen LogP contribution in [0.1, 0.15) is 52.4 Å². The summed E-state index contributed by atoms with van der Waals surface area (Å²) in [6.07, 6.45) is 6.29. The number of hydrogen-bond donors (Lipinski definition) is 1. The summed E-state index contributed by atoms with van der Waals surface area (Å²) in [4.78, 5) is 13.9. The number of carbonyl (C=O) groups excluding carboxylic acids is 1. The van der Waals surface area contributed by atoms with Crippen LogP contribution in [0, 0.1) is 5.92 Å². The Kier molecular flexibility index (Phi) is 5.81. The number of likely N-dealkylation sites (tertiary alicyclic amines) is 1. The third kappa shape index (κ3) is 4.12. The molecule has 16 heavy (non-hydrogen) atoms. The molecule has 0 radical (unpaired) electrons. The van der Waals surface area contributed by atoms with Crippen LogP contribution in [0.15, 0.2) is 0 Å². The van der Waals surface area contributed by atoms with Crippen LogP contribution in [0.2, 0.25) is 0 Å². The van der Waals surface area contributed by atoms with Crippen molar-refractivity contribution in [3.63, 3.8) is 0 Å². The fourth-order valence-electron chi connectivity index (χ4n) is 2.36. The number of unbranched alkanes of at least 4 members (excludes halogenated alkanes) is 2. The van der Waals surface area contributed by atoms with Gasteiger partial charge in [-0.05, 0) is 32.1 Å². The molecule has 1 atom stereocenters. The van der Waals surface area contributed by atoms with Crippen molar-refractivity contribution in [3.05, 3.63) is 0 Å². The second-order valence-electron chi connectivity index (χ2n) is 5.03. The monoisotopic (exact) mass is 226 g/mol. The topological polar surface area (TPSA) is 46.3 Å². The average molecular weight is 226 g/mol. The van der Waals surface area contributed by atoms with Crippen molar-refractivity contribution < 1.29 is 4.79 Å². The number of hydrogen-bond acceptors (Lipinski definition) is 2. The van der Waals surface area contributed by atoms with Gasteiger partial charge in [-0.2, -0.15) is 0 Å². The highest BCUT2D eigenvalue weighted by Crippen LogP contribution is 2.20. The molecule has 2 N–H and O–H groups in total. The Morgan fingerprint density at radius 1 is 1.38 bits per heavy atom. The number of carbonyl (C=O) groups is 1. The molecule has 1 fully saturated rings. The first-order valence-electron chi connectivity index (χ1n) is 6.68. The fraction of sp³-hybridized carbons (Fsp3) is 0.923. The van der Waals surface area contributed by atoms with Gasteiger partial charge in [0, 0.05) is 25.6 Å². The first kappa shape index (κ1) is 13.5. The molecule has 0 aromatic carbocycles. The number of piperidine rings is 1. The zero-order valence-electron chi connectivity index (χ0n) is 10.7. The average Bonchev–Trinajstić information content (AvgIpc) is 2.29. The molecule has 0 aromatic rings. The molecule has 0 spiro atoms. The maximum atomic E-state index is 11.8. The third-order valence-electron chi connectivity index (χ3n) is 3.63. The summed E-state index contributed by atoms with van der Waals surface area (Å²) in [5.41, 5.74) is 5.88. The van der Waals surface area contributed by atoms with E-state index in [0.717, 1.165) is 38.8 Å². The lowest BCUT2D eigenvalue weighted by atomic mass is 9.91. The maximum absolute atomic E-state index is 11.8. The van der Waals surface area contributed by atoms with Crippen LogP contribution < -0.4 is 5.73 Å². The molecule has 1 aliphatic rings. The molecule has 94 valence electrons. The minimum Gasteiger partial charge on any atom is -0.343 e. The molecule has 1 saturated heterocycles. The van der Waals surface area contributed by atoms with E-state index in [2.05, 4.69) is 13.8 Å². The van der Waals surface area contributed by atoms with Crippen molar-refractivity contribution in [2.45, 2.75) is 58.4 Å². The van der Waals surface area contributed by atoms with Crippen LogP contribution in [-0.4, -0.2) is 29.9 Å². The summed E-state index contributed by atoms with van der Waals surface area (Å²) in [7, 11) is 0. The second kappa shape index (κ2) is 6.89. The molecule has 0 aliphatic carbocycles. The Morgan fingerprint density at radius 2 is 2.00 bits per heavy atom. The van der Waals surface area contributed by atoms with E-state index in [-0.39, 0.29) is 6.04 Å². The third-order valence-corrected chi connectivity index (χ3v) is 3.63. The molecule has 0 aromatic heterocycles. The van der Waals surface area contributed by atoms with E-state index in [4.69, 9.17) is 5.73 Å². The van der Waals surface area contributed by atoms with Gasteiger partial charge in [-0.1, -0.05) is 19.8 Å². The summed E-state index contributed by atoms with van der Waals surface area (Å²) in [6, 6.07) is 0.275. The van der Waals surface area contributed by atoms with Gasteiger partial charge in [0.15, 0.2) is 0 Å². The van der Waals surface area contributed by atoms with Crippen LogP contribution in [0.3, 0.4) is 0 Å². The van der Waals surface area contributed by atoms with Gasteiger partial charge in [0.1, 0.15) is 0 Å². The second-order valence-corrected chi connectivity index (χ2v) is 5.03. The zero-order valence-corrected chi connectivity index (χ0v) is 10.7.